The second kappa shape index (κ2) is 6.20. The highest BCUT2D eigenvalue weighted by atomic mass is 32.1. The summed E-state index contributed by atoms with van der Waals surface area (Å²) in [6.45, 7) is 2.40. The number of aliphatic hydroxyl groups is 1. The molecule has 2 nitrogen and oxygen atoms in total. The van der Waals surface area contributed by atoms with E-state index in [0.717, 1.165) is 17.3 Å². The van der Waals surface area contributed by atoms with Gasteiger partial charge in [0.1, 0.15) is 0 Å². The summed E-state index contributed by atoms with van der Waals surface area (Å²) in [4.78, 5) is 4.88. The topological polar surface area (TPSA) is 23.5 Å². The molecule has 1 heterocycles. The molecule has 0 aliphatic heterocycles. The average molecular weight is 249 g/mol. The van der Waals surface area contributed by atoms with Crippen molar-refractivity contribution in [3.8, 4) is 11.8 Å². The predicted octanol–water partition coefficient (Wildman–Crippen LogP) is 2.32. The van der Waals surface area contributed by atoms with Crippen molar-refractivity contribution in [3.63, 3.8) is 0 Å². The van der Waals surface area contributed by atoms with Crippen LogP contribution in [-0.4, -0.2) is 30.2 Å². The Balaban J connectivity index is 1.82. The van der Waals surface area contributed by atoms with Gasteiger partial charge in [-0.1, -0.05) is 11.8 Å². The molecular weight excluding hydrogens is 230 g/mol. The van der Waals surface area contributed by atoms with Crippen molar-refractivity contribution in [2.75, 3.05) is 20.2 Å². The van der Waals surface area contributed by atoms with E-state index in [-0.39, 0.29) is 6.61 Å². The Labute approximate surface area is 107 Å². The van der Waals surface area contributed by atoms with Crippen molar-refractivity contribution in [2.24, 2.45) is 5.92 Å². The number of hydrogen-bond acceptors (Lipinski definition) is 3. The van der Waals surface area contributed by atoms with Gasteiger partial charge in [0, 0.05) is 24.4 Å². The Hall–Kier alpha value is -0.820. The predicted molar refractivity (Wildman–Crippen MR) is 72.0 cm³/mol. The van der Waals surface area contributed by atoms with Gasteiger partial charge < -0.3 is 10.0 Å². The standard InChI is InChI=1S/C14H19NOS/c1-15(10-12-5-6-12)11-14-8-7-13(17-14)4-2-3-9-16/h7-8,12,16H,3,5-6,9-11H2,1H3. The van der Waals surface area contributed by atoms with Gasteiger partial charge in [-0.05, 0) is 37.9 Å². The maximum absolute atomic E-state index is 8.65. The zero-order valence-electron chi connectivity index (χ0n) is 10.3. The van der Waals surface area contributed by atoms with E-state index in [0.29, 0.717) is 6.42 Å². The van der Waals surface area contributed by atoms with E-state index in [1.54, 1.807) is 11.3 Å². The largest absolute Gasteiger partial charge is 0.395 e. The van der Waals surface area contributed by atoms with Crippen LogP contribution in [0, 0.1) is 17.8 Å². The summed E-state index contributed by atoms with van der Waals surface area (Å²) >= 11 is 1.76. The van der Waals surface area contributed by atoms with Gasteiger partial charge in [-0.25, -0.2) is 0 Å². The molecule has 17 heavy (non-hydrogen) atoms. The maximum Gasteiger partial charge on any atom is 0.0771 e. The quantitative estimate of drug-likeness (QED) is 0.810. The van der Waals surface area contributed by atoms with Crippen molar-refractivity contribution in [1.82, 2.24) is 4.90 Å². The molecular formula is C14H19NOS. The average Bonchev–Trinajstić information content (AvgIpc) is 2.99. The molecule has 0 spiro atoms. The van der Waals surface area contributed by atoms with Crippen LogP contribution in [0.15, 0.2) is 12.1 Å². The van der Waals surface area contributed by atoms with E-state index in [1.807, 2.05) is 0 Å². The molecule has 3 heteroatoms. The molecule has 0 saturated heterocycles. The first-order valence-corrected chi connectivity index (χ1v) is 6.96. The van der Waals surface area contributed by atoms with Crippen molar-refractivity contribution in [1.29, 1.82) is 0 Å². The summed E-state index contributed by atoms with van der Waals surface area (Å²) in [6.07, 6.45) is 3.38. The summed E-state index contributed by atoms with van der Waals surface area (Å²) in [5.41, 5.74) is 0. The molecule has 0 atom stereocenters. The van der Waals surface area contributed by atoms with Gasteiger partial charge in [0.25, 0.3) is 0 Å². The SMILES string of the molecule is CN(Cc1ccc(C#CCCO)s1)CC1CC1. The van der Waals surface area contributed by atoms with Crippen LogP contribution in [0.25, 0.3) is 0 Å². The van der Waals surface area contributed by atoms with E-state index in [2.05, 4.69) is 35.9 Å². The molecule has 1 N–H and O–H groups in total. The summed E-state index contributed by atoms with van der Waals surface area (Å²) in [5, 5.41) is 8.65. The highest BCUT2D eigenvalue weighted by molar-refractivity contribution is 7.12. The van der Waals surface area contributed by atoms with Crippen LogP contribution in [-0.2, 0) is 6.54 Å². The Morgan fingerprint density at radius 3 is 3.00 bits per heavy atom. The molecule has 1 aromatic rings. The van der Waals surface area contributed by atoms with Crippen LogP contribution in [0.2, 0.25) is 0 Å². The lowest BCUT2D eigenvalue weighted by Crippen LogP contribution is -2.19. The van der Waals surface area contributed by atoms with Gasteiger partial charge in [-0.3, -0.25) is 0 Å². The number of hydrogen-bond donors (Lipinski definition) is 1. The minimum absolute atomic E-state index is 0.148. The van der Waals surface area contributed by atoms with Crippen LogP contribution in [0.5, 0.6) is 0 Å². The lowest BCUT2D eigenvalue weighted by atomic mass is 10.3. The van der Waals surface area contributed by atoms with Gasteiger partial charge in [-0.15, -0.1) is 11.3 Å². The van der Waals surface area contributed by atoms with Gasteiger partial charge >= 0.3 is 0 Å². The molecule has 1 aromatic heterocycles. The molecule has 92 valence electrons. The molecule has 0 radical (unpaired) electrons. The van der Waals surface area contributed by atoms with Crippen LogP contribution in [0.1, 0.15) is 29.0 Å². The van der Waals surface area contributed by atoms with Crippen molar-refractivity contribution in [2.45, 2.75) is 25.8 Å². The second-order valence-corrected chi connectivity index (χ2v) is 5.85. The molecule has 0 unspecified atom stereocenters. The molecule has 1 saturated carbocycles. The van der Waals surface area contributed by atoms with Crippen molar-refractivity contribution >= 4 is 11.3 Å². The first-order valence-electron chi connectivity index (χ1n) is 6.15. The maximum atomic E-state index is 8.65. The van der Waals surface area contributed by atoms with Crippen LogP contribution < -0.4 is 0 Å². The first-order chi connectivity index (χ1) is 8.28. The number of nitrogens with zero attached hydrogens (tertiary/aromatic N) is 1. The summed E-state index contributed by atoms with van der Waals surface area (Å²) in [7, 11) is 2.19. The summed E-state index contributed by atoms with van der Waals surface area (Å²) in [5.74, 6) is 6.99. The van der Waals surface area contributed by atoms with E-state index < -0.39 is 0 Å². The Morgan fingerprint density at radius 1 is 1.47 bits per heavy atom. The third kappa shape index (κ3) is 4.51. The Morgan fingerprint density at radius 2 is 2.29 bits per heavy atom. The van der Waals surface area contributed by atoms with Crippen molar-refractivity contribution < 1.29 is 5.11 Å². The molecule has 0 aromatic carbocycles. The monoisotopic (exact) mass is 249 g/mol. The van der Waals surface area contributed by atoms with Gasteiger partial charge in [-0.2, -0.15) is 0 Å². The third-order valence-electron chi connectivity index (χ3n) is 2.80. The van der Waals surface area contributed by atoms with E-state index in [9.17, 15) is 0 Å². The number of rotatable bonds is 5. The summed E-state index contributed by atoms with van der Waals surface area (Å²) in [6, 6.07) is 4.24. The van der Waals surface area contributed by atoms with Gasteiger partial charge in [0.15, 0.2) is 0 Å². The van der Waals surface area contributed by atoms with E-state index >= 15 is 0 Å². The van der Waals surface area contributed by atoms with E-state index in [4.69, 9.17) is 5.11 Å². The summed E-state index contributed by atoms with van der Waals surface area (Å²) < 4.78 is 0. The molecule has 0 bridgehead atoms. The van der Waals surface area contributed by atoms with Crippen LogP contribution >= 0.6 is 11.3 Å². The van der Waals surface area contributed by atoms with Crippen LogP contribution in [0.3, 0.4) is 0 Å². The van der Waals surface area contributed by atoms with Crippen LogP contribution in [0.4, 0.5) is 0 Å². The molecule has 1 aliphatic carbocycles. The first kappa shape index (κ1) is 12.6. The molecule has 1 fully saturated rings. The number of thiophene rings is 1. The fourth-order valence-electron chi connectivity index (χ4n) is 1.81. The highest BCUT2D eigenvalue weighted by Gasteiger charge is 2.22. The fourth-order valence-corrected chi connectivity index (χ4v) is 2.77. The molecule has 0 amide bonds. The fraction of sp³-hybridized carbons (Fsp3) is 0.571. The normalized spacial score (nSPS) is 14.8. The minimum atomic E-state index is 0.148. The minimum Gasteiger partial charge on any atom is -0.395 e. The zero-order valence-corrected chi connectivity index (χ0v) is 11.1. The van der Waals surface area contributed by atoms with E-state index in [1.165, 1.54) is 24.3 Å². The van der Waals surface area contributed by atoms with Gasteiger partial charge in [0.2, 0.25) is 0 Å². The smallest absolute Gasteiger partial charge is 0.0771 e. The van der Waals surface area contributed by atoms with Crippen molar-refractivity contribution in [3.05, 3.63) is 21.9 Å². The second-order valence-electron chi connectivity index (χ2n) is 4.68. The molecule has 2 rings (SSSR count). The highest BCUT2D eigenvalue weighted by Crippen LogP contribution is 2.30. The zero-order chi connectivity index (χ0) is 12.1. The number of aliphatic hydroxyl groups excluding tert-OH is 1. The van der Waals surface area contributed by atoms with Gasteiger partial charge in [0.05, 0.1) is 11.5 Å². The lowest BCUT2D eigenvalue weighted by molar-refractivity contribution is 0.305. The molecule has 1 aliphatic rings. The Bertz CT molecular complexity index is 411. The lowest BCUT2D eigenvalue weighted by Gasteiger charge is -2.14. The Kier molecular flexibility index (Phi) is 4.61. The third-order valence-corrected chi connectivity index (χ3v) is 3.79.